The maximum atomic E-state index is 12.4. The summed E-state index contributed by atoms with van der Waals surface area (Å²) in [5, 5.41) is 0. The Kier molecular flexibility index (Phi) is 4.16. The zero-order valence-electron chi connectivity index (χ0n) is 12.7. The second-order valence-electron chi connectivity index (χ2n) is 6.54. The highest BCUT2D eigenvalue weighted by Crippen LogP contribution is 2.49. The SMILES string of the molecule is Cc1cccc(N2CCN(C(=O)CC3(CS)CC3)CC2)c1. The van der Waals surface area contributed by atoms with Crippen LogP contribution in [0.15, 0.2) is 24.3 Å². The predicted octanol–water partition coefficient (Wildman–Crippen LogP) is 2.74. The minimum Gasteiger partial charge on any atom is -0.368 e. The van der Waals surface area contributed by atoms with Gasteiger partial charge in [0.2, 0.25) is 5.91 Å². The van der Waals surface area contributed by atoms with Gasteiger partial charge in [-0.2, -0.15) is 12.6 Å². The molecular weight excluding hydrogens is 280 g/mol. The lowest BCUT2D eigenvalue weighted by atomic mass is 10.0. The van der Waals surface area contributed by atoms with Gasteiger partial charge in [-0.25, -0.2) is 0 Å². The van der Waals surface area contributed by atoms with E-state index in [4.69, 9.17) is 0 Å². The lowest BCUT2D eigenvalue weighted by Gasteiger charge is -2.36. The molecule has 0 N–H and O–H groups in total. The molecule has 0 unspecified atom stereocenters. The molecule has 114 valence electrons. The molecule has 3 nitrogen and oxygen atoms in total. The summed E-state index contributed by atoms with van der Waals surface area (Å²) >= 11 is 4.39. The number of benzene rings is 1. The highest BCUT2D eigenvalue weighted by Gasteiger charge is 2.43. The van der Waals surface area contributed by atoms with E-state index < -0.39 is 0 Å². The number of amides is 1. The van der Waals surface area contributed by atoms with E-state index in [2.05, 4.69) is 48.7 Å². The number of nitrogens with zero attached hydrogens (tertiary/aromatic N) is 2. The van der Waals surface area contributed by atoms with Gasteiger partial charge >= 0.3 is 0 Å². The van der Waals surface area contributed by atoms with E-state index in [0.29, 0.717) is 12.3 Å². The van der Waals surface area contributed by atoms with Gasteiger partial charge in [0.05, 0.1) is 0 Å². The van der Waals surface area contributed by atoms with Gasteiger partial charge < -0.3 is 9.80 Å². The summed E-state index contributed by atoms with van der Waals surface area (Å²) in [5.74, 6) is 1.17. The smallest absolute Gasteiger partial charge is 0.223 e. The minimum atomic E-state index is 0.230. The highest BCUT2D eigenvalue weighted by atomic mass is 32.1. The van der Waals surface area contributed by atoms with Gasteiger partial charge in [0.15, 0.2) is 0 Å². The number of aryl methyl sites for hydroxylation is 1. The molecule has 0 radical (unpaired) electrons. The van der Waals surface area contributed by atoms with Gasteiger partial charge in [-0.1, -0.05) is 12.1 Å². The summed E-state index contributed by atoms with van der Waals surface area (Å²) in [4.78, 5) is 16.8. The van der Waals surface area contributed by atoms with Gasteiger partial charge in [0.1, 0.15) is 0 Å². The maximum Gasteiger partial charge on any atom is 0.223 e. The molecule has 1 heterocycles. The molecule has 0 atom stereocenters. The van der Waals surface area contributed by atoms with E-state index in [1.807, 2.05) is 4.90 Å². The fourth-order valence-electron chi connectivity index (χ4n) is 3.04. The number of hydrogen-bond acceptors (Lipinski definition) is 3. The van der Waals surface area contributed by atoms with Crippen LogP contribution in [0.3, 0.4) is 0 Å². The quantitative estimate of drug-likeness (QED) is 0.865. The van der Waals surface area contributed by atoms with Crippen LogP contribution in [0.1, 0.15) is 24.8 Å². The Hall–Kier alpha value is -1.16. The average molecular weight is 304 g/mol. The van der Waals surface area contributed by atoms with Gasteiger partial charge in [-0.05, 0) is 48.6 Å². The molecule has 0 bridgehead atoms. The molecule has 21 heavy (non-hydrogen) atoms. The van der Waals surface area contributed by atoms with Crippen molar-refractivity contribution in [2.75, 3.05) is 36.8 Å². The van der Waals surface area contributed by atoms with E-state index in [1.54, 1.807) is 0 Å². The molecular formula is C17H24N2OS. The van der Waals surface area contributed by atoms with Crippen LogP contribution in [0.25, 0.3) is 0 Å². The van der Waals surface area contributed by atoms with Crippen molar-refractivity contribution in [2.24, 2.45) is 5.41 Å². The van der Waals surface area contributed by atoms with Crippen LogP contribution in [-0.2, 0) is 4.79 Å². The van der Waals surface area contributed by atoms with Crippen LogP contribution >= 0.6 is 12.6 Å². The number of rotatable bonds is 4. The fraction of sp³-hybridized carbons (Fsp3) is 0.588. The lowest BCUT2D eigenvalue weighted by Crippen LogP contribution is -2.49. The fourth-order valence-corrected chi connectivity index (χ4v) is 3.47. The van der Waals surface area contributed by atoms with Crippen molar-refractivity contribution in [2.45, 2.75) is 26.2 Å². The zero-order valence-corrected chi connectivity index (χ0v) is 13.6. The number of piperazine rings is 1. The third-order valence-corrected chi connectivity index (χ3v) is 5.49. The molecule has 4 heteroatoms. The Bertz CT molecular complexity index is 519. The number of anilines is 1. The largest absolute Gasteiger partial charge is 0.368 e. The first kappa shape index (κ1) is 14.8. The van der Waals surface area contributed by atoms with Gasteiger partial charge in [0, 0.05) is 38.3 Å². The normalized spacial score (nSPS) is 20.5. The maximum absolute atomic E-state index is 12.4. The Labute approximate surface area is 132 Å². The van der Waals surface area contributed by atoms with Gasteiger partial charge in [0.25, 0.3) is 0 Å². The first-order chi connectivity index (χ1) is 10.1. The summed E-state index contributed by atoms with van der Waals surface area (Å²) in [7, 11) is 0. The van der Waals surface area contributed by atoms with Crippen LogP contribution < -0.4 is 4.90 Å². The number of hydrogen-bond donors (Lipinski definition) is 1. The van der Waals surface area contributed by atoms with Crippen molar-refractivity contribution in [3.05, 3.63) is 29.8 Å². The van der Waals surface area contributed by atoms with Crippen LogP contribution in [-0.4, -0.2) is 42.7 Å². The summed E-state index contributed by atoms with van der Waals surface area (Å²) in [6.07, 6.45) is 3.04. The Morgan fingerprint density at radius 3 is 2.52 bits per heavy atom. The van der Waals surface area contributed by atoms with Crippen molar-refractivity contribution in [1.29, 1.82) is 0 Å². The topological polar surface area (TPSA) is 23.6 Å². The minimum absolute atomic E-state index is 0.230. The van der Waals surface area contributed by atoms with Crippen molar-refractivity contribution in [3.8, 4) is 0 Å². The molecule has 1 aromatic rings. The summed E-state index contributed by atoms with van der Waals surface area (Å²) in [6.45, 7) is 5.67. The molecule has 1 aliphatic carbocycles. The molecule has 0 spiro atoms. The van der Waals surface area contributed by atoms with Crippen molar-refractivity contribution >= 4 is 24.2 Å². The second kappa shape index (κ2) is 5.91. The standard InChI is InChI=1S/C17H24N2OS/c1-14-3-2-4-15(11-14)18-7-9-19(10-8-18)16(20)12-17(13-21)5-6-17/h2-4,11,21H,5-10,12-13H2,1H3. The van der Waals surface area contributed by atoms with Gasteiger partial charge in [-0.15, -0.1) is 0 Å². The zero-order chi connectivity index (χ0) is 14.9. The van der Waals surface area contributed by atoms with Crippen LogP contribution in [0.4, 0.5) is 5.69 Å². The third-order valence-electron chi connectivity index (χ3n) is 4.82. The first-order valence-electron chi connectivity index (χ1n) is 7.82. The average Bonchev–Trinajstić information content (AvgIpc) is 3.27. The van der Waals surface area contributed by atoms with Crippen molar-refractivity contribution < 1.29 is 4.79 Å². The molecule has 2 aliphatic rings. The second-order valence-corrected chi connectivity index (χ2v) is 6.86. The molecule has 1 aromatic carbocycles. The predicted molar refractivity (Wildman–Crippen MR) is 90.1 cm³/mol. The van der Waals surface area contributed by atoms with Crippen LogP contribution in [0, 0.1) is 12.3 Å². The highest BCUT2D eigenvalue weighted by molar-refractivity contribution is 7.80. The van der Waals surface area contributed by atoms with Crippen LogP contribution in [0.5, 0.6) is 0 Å². The Balaban J connectivity index is 1.54. The molecule has 1 aliphatic heterocycles. The summed E-state index contributed by atoms with van der Waals surface area (Å²) in [6, 6.07) is 8.60. The molecule has 3 rings (SSSR count). The van der Waals surface area contributed by atoms with Crippen molar-refractivity contribution in [3.63, 3.8) is 0 Å². The third kappa shape index (κ3) is 3.37. The van der Waals surface area contributed by atoms with Gasteiger partial charge in [-0.3, -0.25) is 4.79 Å². The molecule has 1 saturated heterocycles. The van der Waals surface area contributed by atoms with Crippen LogP contribution in [0.2, 0.25) is 0 Å². The monoisotopic (exact) mass is 304 g/mol. The molecule has 1 amide bonds. The number of thiol groups is 1. The van der Waals surface area contributed by atoms with E-state index >= 15 is 0 Å². The van der Waals surface area contributed by atoms with E-state index in [-0.39, 0.29) is 5.41 Å². The lowest BCUT2D eigenvalue weighted by molar-refractivity contribution is -0.132. The van der Waals surface area contributed by atoms with E-state index in [1.165, 1.54) is 24.1 Å². The summed E-state index contributed by atoms with van der Waals surface area (Å²) < 4.78 is 0. The number of carbonyl (C=O) groups excluding carboxylic acids is 1. The summed E-state index contributed by atoms with van der Waals surface area (Å²) in [5.41, 5.74) is 2.79. The first-order valence-corrected chi connectivity index (χ1v) is 8.45. The van der Waals surface area contributed by atoms with Crippen molar-refractivity contribution in [1.82, 2.24) is 4.90 Å². The molecule has 1 saturated carbocycles. The Morgan fingerprint density at radius 1 is 1.24 bits per heavy atom. The number of carbonyl (C=O) groups is 1. The molecule has 2 fully saturated rings. The van der Waals surface area contributed by atoms with E-state index in [9.17, 15) is 4.79 Å². The Morgan fingerprint density at radius 2 is 1.95 bits per heavy atom. The molecule has 0 aromatic heterocycles. The van der Waals surface area contributed by atoms with E-state index in [0.717, 1.165) is 31.9 Å².